The van der Waals surface area contributed by atoms with E-state index in [0.29, 0.717) is 24.9 Å². The molecule has 25 heavy (non-hydrogen) atoms. The first-order valence-corrected chi connectivity index (χ1v) is 8.02. The lowest BCUT2D eigenvalue weighted by Gasteiger charge is -2.21. The Morgan fingerprint density at radius 1 is 1.20 bits per heavy atom. The van der Waals surface area contributed by atoms with Crippen molar-refractivity contribution in [3.63, 3.8) is 0 Å². The lowest BCUT2D eigenvalue weighted by Crippen LogP contribution is -2.39. The molecule has 1 aromatic rings. The van der Waals surface area contributed by atoms with Crippen LogP contribution in [0.15, 0.2) is 18.2 Å². The summed E-state index contributed by atoms with van der Waals surface area (Å²) in [4.78, 5) is 11.5. The molecule has 8 heteroatoms. The van der Waals surface area contributed by atoms with Gasteiger partial charge < -0.3 is 15.4 Å². The Bertz CT molecular complexity index is 635. The average molecular weight is 362 g/mol. The third kappa shape index (κ3) is 5.32. The highest BCUT2D eigenvalue weighted by Crippen LogP contribution is 2.46. The van der Waals surface area contributed by atoms with Crippen molar-refractivity contribution in [1.29, 1.82) is 0 Å². The van der Waals surface area contributed by atoms with E-state index in [1.54, 1.807) is 20.8 Å². The summed E-state index contributed by atoms with van der Waals surface area (Å²) >= 11 is 0. The molecule has 1 aromatic carbocycles. The van der Waals surface area contributed by atoms with E-state index >= 15 is 0 Å². The molecule has 0 aliphatic heterocycles. The van der Waals surface area contributed by atoms with Crippen molar-refractivity contribution in [2.45, 2.75) is 50.9 Å². The lowest BCUT2D eigenvalue weighted by molar-refractivity contribution is -0.140. The molecule has 0 aromatic heterocycles. The second-order valence-electron chi connectivity index (χ2n) is 7.13. The van der Waals surface area contributed by atoms with Crippen LogP contribution in [0.4, 0.5) is 22.4 Å². The lowest BCUT2D eigenvalue weighted by atomic mass is 10.0. The van der Waals surface area contributed by atoms with E-state index in [0.717, 1.165) is 12.1 Å². The third-order valence-electron chi connectivity index (χ3n) is 3.83. The number of alkyl carbamates (subject to hydrolysis) is 1. The molecule has 0 spiro atoms. The van der Waals surface area contributed by atoms with Crippen LogP contribution in [-0.4, -0.2) is 24.8 Å². The minimum atomic E-state index is -4.73. The number of benzene rings is 1. The summed E-state index contributed by atoms with van der Waals surface area (Å²) < 4.78 is 57.0. The molecule has 0 bridgehead atoms. The van der Waals surface area contributed by atoms with Gasteiger partial charge in [0.15, 0.2) is 0 Å². The maximum absolute atomic E-state index is 13.4. The second-order valence-corrected chi connectivity index (χ2v) is 7.13. The first-order valence-electron chi connectivity index (χ1n) is 8.02. The summed E-state index contributed by atoms with van der Waals surface area (Å²) in [5, 5.41) is 5.71. The van der Waals surface area contributed by atoms with E-state index in [9.17, 15) is 22.4 Å². The SMILES string of the molecule is CC(C)(C)OC(=O)NCCNC1(c2ccc(F)c(C(F)(F)F)c2)CC1. The summed E-state index contributed by atoms with van der Waals surface area (Å²) in [6, 6.07) is 3.07. The van der Waals surface area contributed by atoms with Crippen LogP contribution in [0.2, 0.25) is 0 Å². The number of carbonyl (C=O) groups is 1. The predicted octanol–water partition coefficient (Wildman–Crippen LogP) is 3.95. The van der Waals surface area contributed by atoms with E-state index in [-0.39, 0.29) is 6.54 Å². The van der Waals surface area contributed by atoms with Gasteiger partial charge >= 0.3 is 12.3 Å². The Morgan fingerprint density at radius 3 is 2.36 bits per heavy atom. The van der Waals surface area contributed by atoms with Crippen LogP contribution in [-0.2, 0) is 16.5 Å². The molecule has 1 aliphatic carbocycles. The molecule has 0 atom stereocenters. The zero-order valence-corrected chi connectivity index (χ0v) is 14.4. The number of ether oxygens (including phenoxy) is 1. The number of carbonyl (C=O) groups excluding carboxylic acids is 1. The maximum atomic E-state index is 13.4. The Labute approximate surface area is 143 Å². The van der Waals surface area contributed by atoms with Gasteiger partial charge in [-0.05, 0) is 51.3 Å². The molecule has 0 heterocycles. The molecule has 0 saturated heterocycles. The minimum absolute atomic E-state index is 0.268. The normalized spacial score (nSPS) is 16.4. The van der Waals surface area contributed by atoms with E-state index in [4.69, 9.17) is 4.74 Å². The largest absolute Gasteiger partial charge is 0.444 e. The van der Waals surface area contributed by atoms with Crippen molar-refractivity contribution in [1.82, 2.24) is 10.6 Å². The van der Waals surface area contributed by atoms with Crippen LogP contribution in [0.25, 0.3) is 0 Å². The maximum Gasteiger partial charge on any atom is 0.419 e. The number of alkyl halides is 3. The van der Waals surface area contributed by atoms with Gasteiger partial charge in [0.05, 0.1) is 5.56 Å². The molecule has 2 rings (SSSR count). The van der Waals surface area contributed by atoms with Crippen molar-refractivity contribution in [2.75, 3.05) is 13.1 Å². The molecule has 1 fully saturated rings. The number of nitrogens with one attached hydrogen (secondary N) is 2. The molecular weight excluding hydrogens is 340 g/mol. The van der Waals surface area contributed by atoms with Crippen molar-refractivity contribution >= 4 is 6.09 Å². The molecular formula is C17H22F4N2O2. The van der Waals surface area contributed by atoms with Crippen molar-refractivity contribution in [3.8, 4) is 0 Å². The number of rotatable bonds is 5. The van der Waals surface area contributed by atoms with Gasteiger partial charge in [-0.15, -0.1) is 0 Å². The fourth-order valence-electron chi connectivity index (χ4n) is 2.51. The number of amides is 1. The van der Waals surface area contributed by atoms with E-state index in [1.165, 1.54) is 6.07 Å². The Balaban J connectivity index is 1.92. The van der Waals surface area contributed by atoms with Crippen LogP contribution in [0.5, 0.6) is 0 Å². The number of hydrogen-bond acceptors (Lipinski definition) is 3. The zero-order chi connectivity index (χ0) is 18.9. The van der Waals surface area contributed by atoms with E-state index in [2.05, 4.69) is 10.6 Å². The minimum Gasteiger partial charge on any atom is -0.444 e. The first kappa shape index (κ1) is 19.5. The van der Waals surface area contributed by atoms with Gasteiger partial charge in [0, 0.05) is 18.6 Å². The molecule has 4 nitrogen and oxygen atoms in total. The van der Waals surface area contributed by atoms with E-state index < -0.39 is 34.8 Å². The summed E-state index contributed by atoms with van der Waals surface area (Å²) in [5.74, 6) is -1.28. The van der Waals surface area contributed by atoms with Gasteiger partial charge in [-0.3, -0.25) is 0 Å². The summed E-state index contributed by atoms with van der Waals surface area (Å²) in [7, 11) is 0. The highest BCUT2D eigenvalue weighted by Gasteiger charge is 2.45. The molecule has 2 N–H and O–H groups in total. The second kappa shape index (κ2) is 6.82. The highest BCUT2D eigenvalue weighted by molar-refractivity contribution is 5.67. The smallest absolute Gasteiger partial charge is 0.419 e. The molecule has 0 radical (unpaired) electrons. The molecule has 0 unspecified atom stereocenters. The highest BCUT2D eigenvalue weighted by atomic mass is 19.4. The Hall–Kier alpha value is -1.83. The van der Waals surface area contributed by atoms with Crippen LogP contribution < -0.4 is 10.6 Å². The first-order chi connectivity index (χ1) is 11.4. The van der Waals surface area contributed by atoms with Gasteiger partial charge in [-0.2, -0.15) is 13.2 Å². The molecule has 1 saturated carbocycles. The van der Waals surface area contributed by atoms with Crippen molar-refractivity contribution in [2.24, 2.45) is 0 Å². The average Bonchev–Trinajstić information content (AvgIpc) is 3.22. The van der Waals surface area contributed by atoms with Crippen LogP contribution in [0.1, 0.15) is 44.7 Å². The number of halogens is 4. The third-order valence-corrected chi connectivity index (χ3v) is 3.83. The summed E-state index contributed by atoms with van der Waals surface area (Å²) in [6.07, 6.45) is -3.97. The number of hydrogen-bond donors (Lipinski definition) is 2. The van der Waals surface area contributed by atoms with Crippen LogP contribution in [0, 0.1) is 5.82 Å². The van der Waals surface area contributed by atoms with Gasteiger partial charge in [-0.25, -0.2) is 9.18 Å². The van der Waals surface area contributed by atoms with Crippen molar-refractivity contribution < 1.29 is 27.1 Å². The predicted molar refractivity (Wildman–Crippen MR) is 84.6 cm³/mol. The van der Waals surface area contributed by atoms with Gasteiger partial charge in [0.2, 0.25) is 0 Å². The van der Waals surface area contributed by atoms with E-state index in [1.807, 2.05) is 0 Å². The monoisotopic (exact) mass is 362 g/mol. The summed E-state index contributed by atoms with van der Waals surface area (Å²) in [6.45, 7) is 5.87. The fourth-order valence-corrected chi connectivity index (χ4v) is 2.51. The van der Waals surface area contributed by atoms with Gasteiger partial charge in [0.25, 0.3) is 0 Å². The summed E-state index contributed by atoms with van der Waals surface area (Å²) in [5.41, 5.74) is -2.05. The van der Waals surface area contributed by atoms with Crippen molar-refractivity contribution in [3.05, 3.63) is 35.1 Å². The molecule has 1 amide bonds. The quantitative estimate of drug-likeness (QED) is 0.616. The van der Waals surface area contributed by atoms with Crippen LogP contribution in [0.3, 0.4) is 0 Å². The molecule has 1 aliphatic rings. The molecule has 140 valence electrons. The standard InChI is InChI=1S/C17H22F4N2O2/c1-15(2,3)25-14(24)22-8-9-23-16(6-7-16)11-4-5-13(18)12(10-11)17(19,20)21/h4-5,10,23H,6-9H2,1-3H3,(H,22,24). The van der Waals surface area contributed by atoms with Crippen LogP contribution >= 0.6 is 0 Å². The zero-order valence-electron chi connectivity index (χ0n) is 14.4. The Morgan fingerprint density at radius 2 is 1.84 bits per heavy atom. The topological polar surface area (TPSA) is 50.4 Å². The van der Waals surface area contributed by atoms with Gasteiger partial charge in [0.1, 0.15) is 11.4 Å². The van der Waals surface area contributed by atoms with Gasteiger partial charge in [-0.1, -0.05) is 6.07 Å². The Kier molecular flexibility index (Phi) is 5.32. The fraction of sp³-hybridized carbons (Fsp3) is 0.588.